The first-order chi connectivity index (χ1) is 7.79. The van der Waals surface area contributed by atoms with Crippen LogP contribution >= 0.6 is 0 Å². The first-order valence-electron chi connectivity index (χ1n) is 5.08. The van der Waals surface area contributed by atoms with E-state index in [2.05, 4.69) is 4.74 Å². The van der Waals surface area contributed by atoms with E-state index in [1.807, 2.05) is 0 Å². The Morgan fingerprint density at radius 2 is 1.94 bits per heavy atom. The summed E-state index contributed by atoms with van der Waals surface area (Å²) in [7, 11) is 0. The Balaban J connectivity index is 3.04. The number of hydrogen-bond donors (Lipinski definition) is 1. The van der Waals surface area contributed by atoms with Gasteiger partial charge in [0.25, 0.3) is 0 Å². The monoisotopic (exact) mass is 245 g/mol. The van der Waals surface area contributed by atoms with E-state index in [0.717, 1.165) is 5.57 Å². The van der Waals surface area contributed by atoms with Crippen molar-refractivity contribution >= 4 is 6.08 Å². The van der Waals surface area contributed by atoms with Gasteiger partial charge in [-0.2, -0.15) is 0 Å². The molecule has 1 aromatic carbocycles. The van der Waals surface area contributed by atoms with Crippen LogP contribution in [-0.2, 0) is 0 Å². The Bertz CT molecular complexity index is 410. The molecule has 2 N–H and O–H groups in total. The summed E-state index contributed by atoms with van der Waals surface area (Å²) in [6.45, 7) is 3.52. The van der Waals surface area contributed by atoms with Gasteiger partial charge in [0.1, 0.15) is 5.75 Å². The van der Waals surface area contributed by atoms with Crippen LogP contribution in [0, 0.1) is 0 Å². The summed E-state index contributed by atoms with van der Waals surface area (Å²) in [5.41, 5.74) is 6.77. The molecule has 94 valence electrons. The van der Waals surface area contributed by atoms with Crippen LogP contribution in [0.1, 0.15) is 19.4 Å². The summed E-state index contributed by atoms with van der Waals surface area (Å²) in [5, 5.41) is 0. The SMILES string of the molecule is C/C(=C\c1ccccc1OC(F)(F)F)C(C)N. The van der Waals surface area contributed by atoms with Gasteiger partial charge in [-0.15, -0.1) is 13.2 Å². The van der Waals surface area contributed by atoms with Crippen LogP contribution in [0.25, 0.3) is 6.08 Å². The zero-order valence-corrected chi connectivity index (χ0v) is 9.58. The van der Waals surface area contributed by atoms with Crippen molar-refractivity contribution in [2.75, 3.05) is 0 Å². The molecule has 1 rings (SSSR count). The molecular weight excluding hydrogens is 231 g/mol. The molecule has 0 bridgehead atoms. The third kappa shape index (κ3) is 4.48. The molecule has 0 spiro atoms. The second-order valence-electron chi connectivity index (χ2n) is 3.76. The lowest BCUT2D eigenvalue weighted by Crippen LogP contribution is -2.18. The predicted molar refractivity (Wildman–Crippen MR) is 60.4 cm³/mol. The summed E-state index contributed by atoms with van der Waals surface area (Å²) in [6, 6.07) is 5.73. The number of ether oxygens (including phenoxy) is 1. The molecule has 0 heterocycles. The van der Waals surface area contributed by atoms with Gasteiger partial charge in [0.05, 0.1) is 0 Å². The number of para-hydroxylation sites is 1. The number of benzene rings is 1. The Morgan fingerprint density at radius 1 is 1.35 bits per heavy atom. The molecule has 1 atom stereocenters. The van der Waals surface area contributed by atoms with Crippen LogP contribution in [0.4, 0.5) is 13.2 Å². The standard InChI is InChI=1S/C12H14F3NO/c1-8(9(2)16)7-10-5-3-4-6-11(10)17-12(13,14)15/h3-7,9H,16H2,1-2H3/b8-7+. The minimum atomic E-state index is -4.69. The zero-order chi connectivity index (χ0) is 13.1. The van der Waals surface area contributed by atoms with Gasteiger partial charge < -0.3 is 10.5 Å². The summed E-state index contributed by atoms with van der Waals surface area (Å²) >= 11 is 0. The zero-order valence-electron chi connectivity index (χ0n) is 9.58. The molecule has 5 heteroatoms. The summed E-state index contributed by atoms with van der Waals surface area (Å²) in [4.78, 5) is 0. The maximum absolute atomic E-state index is 12.1. The largest absolute Gasteiger partial charge is 0.573 e. The molecule has 0 aliphatic carbocycles. The van der Waals surface area contributed by atoms with E-state index < -0.39 is 6.36 Å². The Hall–Kier alpha value is -1.49. The molecular formula is C12H14F3NO. The van der Waals surface area contributed by atoms with Gasteiger partial charge in [-0.25, -0.2) is 0 Å². The van der Waals surface area contributed by atoms with Gasteiger partial charge in [0.2, 0.25) is 0 Å². The Kier molecular flexibility index (Phi) is 4.17. The van der Waals surface area contributed by atoms with Crippen LogP contribution < -0.4 is 10.5 Å². The molecule has 0 aliphatic rings. The molecule has 0 aromatic heterocycles. The Labute approximate surface area is 97.9 Å². The molecule has 0 aliphatic heterocycles. The predicted octanol–water partition coefficient (Wildman–Crippen LogP) is 3.34. The highest BCUT2D eigenvalue weighted by Crippen LogP contribution is 2.27. The second-order valence-corrected chi connectivity index (χ2v) is 3.76. The third-order valence-electron chi connectivity index (χ3n) is 2.25. The molecule has 0 amide bonds. The third-order valence-corrected chi connectivity index (χ3v) is 2.25. The van der Waals surface area contributed by atoms with Crippen molar-refractivity contribution in [2.24, 2.45) is 5.73 Å². The number of halogens is 3. The maximum atomic E-state index is 12.1. The van der Waals surface area contributed by atoms with Crippen LogP contribution in [0.2, 0.25) is 0 Å². The highest BCUT2D eigenvalue weighted by Gasteiger charge is 2.31. The minimum Gasteiger partial charge on any atom is -0.405 e. The van der Waals surface area contributed by atoms with Gasteiger partial charge in [-0.05, 0) is 19.9 Å². The van der Waals surface area contributed by atoms with Gasteiger partial charge in [-0.3, -0.25) is 0 Å². The highest BCUT2D eigenvalue weighted by atomic mass is 19.4. The van der Waals surface area contributed by atoms with Gasteiger partial charge >= 0.3 is 6.36 Å². The topological polar surface area (TPSA) is 35.2 Å². The average Bonchev–Trinajstić information content (AvgIpc) is 2.18. The molecule has 0 fully saturated rings. The molecule has 1 unspecified atom stereocenters. The summed E-state index contributed by atoms with van der Waals surface area (Å²) in [5.74, 6) is -0.222. The molecule has 0 radical (unpaired) electrons. The average molecular weight is 245 g/mol. The normalized spacial score (nSPS) is 14.6. The lowest BCUT2D eigenvalue weighted by Gasteiger charge is -2.12. The van der Waals surface area contributed by atoms with Crippen molar-refractivity contribution in [3.05, 3.63) is 35.4 Å². The lowest BCUT2D eigenvalue weighted by molar-refractivity contribution is -0.274. The minimum absolute atomic E-state index is 0.214. The van der Waals surface area contributed by atoms with Crippen molar-refractivity contribution in [2.45, 2.75) is 26.3 Å². The van der Waals surface area contributed by atoms with E-state index in [0.29, 0.717) is 5.56 Å². The smallest absolute Gasteiger partial charge is 0.405 e. The van der Waals surface area contributed by atoms with Crippen molar-refractivity contribution in [3.63, 3.8) is 0 Å². The van der Waals surface area contributed by atoms with E-state index in [9.17, 15) is 13.2 Å². The first kappa shape index (κ1) is 13.6. The van der Waals surface area contributed by atoms with E-state index in [1.54, 1.807) is 32.1 Å². The van der Waals surface area contributed by atoms with E-state index in [4.69, 9.17) is 5.73 Å². The number of alkyl halides is 3. The number of nitrogens with two attached hydrogens (primary N) is 1. The van der Waals surface area contributed by atoms with Crippen molar-refractivity contribution in [3.8, 4) is 5.75 Å². The van der Waals surface area contributed by atoms with E-state index in [1.165, 1.54) is 12.1 Å². The summed E-state index contributed by atoms with van der Waals surface area (Å²) in [6.07, 6.45) is -3.10. The van der Waals surface area contributed by atoms with E-state index in [-0.39, 0.29) is 11.8 Å². The van der Waals surface area contributed by atoms with Gasteiger partial charge in [0.15, 0.2) is 0 Å². The molecule has 1 aromatic rings. The van der Waals surface area contributed by atoms with Gasteiger partial charge in [-0.1, -0.05) is 29.8 Å². The van der Waals surface area contributed by atoms with Crippen LogP contribution in [0.5, 0.6) is 5.75 Å². The second kappa shape index (κ2) is 5.23. The fourth-order valence-electron chi connectivity index (χ4n) is 1.19. The maximum Gasteiger partial charge on any atom is 0.573 e. The van der Waals surface area contributed by atoms with Crippen LogP contribution in [0.3, 0.4) is 0 Å². The highest BCUT2D eigenvalue weighted by molar-refractivity contribution is 5.60. The van der Waals surface area contributed by atoms with Crippen molar-refractivity contribution in [1.29, 1.82) is 0 Å². The number of hydrogen-bond acceptors (Lipinski definition) is 2. The van der Waals surface area contributed by atoms with Crippen molar-refractivity contribution < 1.29 is 17.9 Å². The first-order valence-corrected chi connectivity index (χ1v) is 5.08. The fraction of sp³-hybridized carbons (Fsp3) is 0.333. The lowest BCUT2D eigenvalue weighted by atomic mass is 10.1. The number of rotatable bonds is 3. The van der Waals surface area contributed by atoms with Crippen molar-refractivity contribution in [1.82, 2.24) is 0 Å². The molecule has 0 saturated heterocycles. The Morgan fingerprint density at radius 3 is 2.47 bits per heavy atom. The summed E-state index contributed by atoms with van der Waals surface area (Å²) < 4.78 is 40.4. The molecule has 2 nitrogen and oxygen atoms in total. The van der Waals surface area contributed by atoms with E-state index >= 15 is 0 Å². The fourth-order valence-corrected chi connectivity index (χ4v) is 1.19. The van der Waals surface area contributed by atoms with Crippen LogP contribution in [-0.4, -0.2) is 12.4 Å². The van der Waals surface area contributed by atoms with Gasteiger partial charge in [0, 0.05) is 11.6 Å². The molecule has 17 heavy (non-hydrogen) atoms. The molecule has 0 saturated carbocycles. The quantitative estimate of drug-likeness (QED) is 0.886. The van der Waals surface area contributed by atoms with Crippen LogP contribution in [0.15, 0.2) is 29.8 Å².